The molecule has 1 aliphatic rings. The maximum Gasteiger partial charge on any atom is 0.220 e. The van der Waals surface area contributed by atoms with Gasteiger partial charge in [-0.15, -0.1) is 0 Å². The van der Waals surface area contributed by atoms with Crippen molar-refractivity contribution >= 4 is 16.9 Å². The van der Waals surface area contributed by atoms with Gasteiger partial charge in [0.1, 0.15) is 23.2 Å². The first-order valence-electron chi connectivity index (χ1n) is 9.70. The summed E-state index contributed by atoms with van der Waals surface area (Å²) in [4.78, 5) is 19.5. The van der Waals surface area contributed by atoms with Crippen LogP contribution < -0.4 is 10.1 Å². The molecule has 7 heteroatoms. The first-order valence-corrected chi connectivity index (χ1v) is 9.70. The van der Waals surface area contributed by atoms with Gasteiger partial charge in [0.25, 0.3) is 0 Å². The summed E-state index contributed by atoms with van der Waals surface area (Å²) in [5.41, 5.74) is 3.71. The van der Waals surface area contributed by atoms with E-state index in [1.807, 2.05) is 30.8 Å². The second kappa shape index (κ2) is 6.65. The van der Waals surface area contributed by atoms with Gasteiger partial charge in [-0.25, -0.2) is 4.98 Å². The van der Waals surface area contributed by atoms with Gasteiger partial charge in [-0.05, 0) is 52.3 Å². The molecule has 2 atom stereocenters. The Kier molecular flexibility index (Phi) is 4.40. The van der Waals surface area contributed by atoms with Crippen molar-refractivity contribution < 1.29 is 9.53 Å². The van der Waals surface area contributed by atoms with Gasteiger partial charge in [0.05, 0.1) is 17.3 Å². The lowest BCUT2D eigenvalue weighted by atomic mass is 10.0. The lowest BCUT2D eigenvalue weighted by molar-refractivity contribution is -0.119. The standard InChI is InChI=1S/C21H27N5O2/c1-12(15-8-19(27)22-9-15)28-18-7-14(6-17-20(18)25-13(2)24-17)16-10-23-26(11-16)21(3,4)5/h6-7,10-12,15H,8-9H2,1-5H3,(H,22,27)(H,24,25)/t12?,15-/m1/s1. The van der Waals surface area contributed by atoms with Crippen LogP contribution in [0.2, 0.25) is 0 Å². The monoisotopic (exact) mass is 381 g/mol. The fraction of sp³-hybridized carbons (Fsp3) is 0.476. The summed E-state index contributed by atoms with van der Waals surface area (Å²) in [7, 11) is 0. The Hall–Kier alpha value is -2.83. The van der Waals surface area contributed by atoms with Crippen molar-refractivity contribution in [3.63, 3.8) is 0 Å². The van der Waals surface area contributed by atoms with Gasteiger partial charge in [-0.2, -0.15) is 5.10 Å². The number of aryl methyl sites for hydroxylation is 1. The van der Waals surface area contributed by atoms with E-state index in [4.69, 9.17) is 4.74 Å². The van der Waals surface area contributed by atoms with Crippen LogP contribution in [0.4, 0.5) is 0 Å². The highest BCUT2D eigenvalue weighted by Gasteiger charge is 2.28. The molecule has 1 unspecified atom stereocenters. The highest BCUT2D eigenvalue weighted by atomic mass is 16.5. The average molecular weight is 381 g/mol. The Morgan fingerprint density at radius 2 is 2.07 bits per heavy atom. The van der Waals surface area contributed by atoms with Crippen LogP contribution in [0.1, 0.15) is 39.9 Å². The molecule has 1 amide bonds. The molecule has 0 radical (unpaired) electrons. The summed E-state index contributed by atoms with van der Waals surface area (Å²) in [5, 5.41) is 7.40. The molecule has 28 heavy (non-hydrogen) atoms. The number of aromatic nitrogens is 4. The lowest BCUT2D eigenvalue weighted by Crippen LogP contribution is -2.25. The van der Waals surface area contributed by atoms with E-state index in [-0.39, 0.29) is 23.5 Å². The zero-order valence-corrected chi connectivity index (χ0v) is 17.0. The number of nitrogens with zero attached hydrogens (tertiary/aromatic N) is 3. The van der Waals surface area contributed by atoms with Crippen molar-refractivity contribution in [2.24, 2.45) is 5.92 Å². The quantitative estimate of drug-likeness (QED) is 0.725. The summed E-state index contributed by atoms with van der Waals surface area (Å²) in [5.74, 6) is 1.82. The molecule has 0 spiro atoms. The van der Waals surface area contributed by atoms with Gasteiger partial charge < -0.3 is 15.0 Å². The number of rotatable bonds is 4. The molecule has 0 bridgehead atoms. The molecule has 2 aromatic heterocycles. The van der Waals surface area contributed by atoms with Crippen LogP contribution in [0.5, 0.6) is 5.75 Å². The van der Waals surface area contributed by atoms with E-state index in [2.05, 4.69) is 53.4 Å². The smallest absolute Gasteiger partial charge is 0.220 e. The molecule has 0 aliphatic carbocycles. The van der Waals surface area contributed by atoms with Crippen molar-refractivity contribution in [1.82, 2.24) is 25.1 Å². The Morgan fingerprint density at radius 3 is 2.71 bits per heavy atom. The predicted octanol–water partition coefficient (Wildman–Crippen LogP) is 3.39. The maximum atomic E-state index is 11.6. The zero-order chi connectivity index (χ0) is 20.1. The predicted molar refractivity (Wildman–Crippen MR) is 108 cm³/mol. The third kappa shape index (κ3) is 3.48. The number of amides is 1. The van der Waals surface area contributed by atoms with E-state index < -0.39 is 0 Å². The molecular weight excluding hydrogens is 354 g/mol. The fourth-order valence-electron chi connectivity index (χ4n) is 3.56. The van der Waals surface area contributed by atoms with E-state index in [0.29, 0.717) is 13.0 Å². The van der Waals surface area contributed by atoms with Crippen LogP contribution in [0.3, 0.4) is 0 Å². The van der Waals surface area contributed by atoms with E-state index >= 15 is 0 Å². The van der Waals surface area contributed by atoms with Crippen LogP contribution in [-0.4, -0.2) is 38.3 Å². The van der Waals surface area contributed by atoms with E-state index in [0.717, 1.165) is 33.7 Å². The minimum Gasteiger partial charge on any atom is -0.488 e. The molecule has 7 nitrogen and oxygen atoms in total. The Balaban J connectivity index is 1.71. The number of H-pyrrole nitrogens is 1. The first kappa shape index (κ1) is 18.5. The Bertz CT molecular complexity index is 1030. The van der Waals surface area contributed by atoms with Gasteiger partial charge in [0.2, 0.25) is 5.91 Å². The summed E-state index contributed by atoms with van der Waals surface area (Å²) >= 11 is 0. The number of carbonyl (C=O) groups excluding carboxylic acids is 1. The van der Waals surface area contributed by atoms with Gasteiger partial charge in [0, 0.05) is 30.6 Å². The van der Waals surface area contributed by atoms with Gasteiger partial charge in [-0.1, -0.05) is 0 Å². The molecule has 148 valence electrons. The van der Waals surface area contributed by atoms with Crippen LogP contribution in [-0.2, 0) is 10.3 Å². The lowest BCUT2D eigenvalue weighted by Gasteiger charge is -2.20. The van der Waals surface area contributed by atoms with Gasteiger partial charge >= 0.3 is 0 Å². The first-order chi connectivity index (χ1) is 13.2. The van der Waals surface area contributed by atoms with Crippen LogP contribution in [0.25, 0.3) is 22.2 Å². The summed E-state index contributed by atoms with van der Waals surface area (Å²) < 4.78 is 8.27. The van der Waals surface area contributed by atoms with Gasteiger partial charge in [-0.3, -0.25) is 9.48 Å². The molecule has 1 saturated heterocycles. The molecular formula is C21H27N5O2. The third-order valence-electron chi connectivity index (χ3n) is 5.26. The largest absolute Gasteiger partial charge is 0.488 e. The number of fused-ring (bicyclic) bond motifs is 1. The number of hydrogen-bond donors (Lipinski definition) is 2. The van der Waals surface area contributed by atoms with E-state index in [1.54, 1.807) is 0 Å². The zero-order valence-electron chi connectivity index (χ0n) is 17.0. The molecule has 2 N–H and O–H groups in total. The number of carbonyl (C=O) groups is 1. The molecule has 4 rings (SSSR count). The molecule has 3 heterocycles. The minimum atomic E-state index is -0.0910. The summed E-state index contributed by atoms with van der Waals surface area (Å²) in [6, 6.07) is 4.10. The van der Waals surface area contributed by atoms with Crippen molar-refractivity contribution in [3.8, 4) is 16.9 Å². The van der Waals surface area contributed by atoms with Crippen LogP contribution >= 0.6 is 0 Å². The Morgan fingerprint density at radius 1 is 1.29 bits per heavy atom. The number of nitrogens with one attached hydrogen (secondary N) is 2. The van der Waals surface area contributed by atoms with Crippen LogP contribution in [0.15, 0.2) is 24.5 Å². The number of aromatic amines is 1. The summed E-state index contributed by atoms with van der Waals surface area (Å²) in [6.45, 7) is 11.0. The second-order valence-corrected chi connectivity index (χ2v) is 8.63. The average Bonchev–Trinajstić information content (AvgIpc) is 3.32. The molecule has 1 aromatic carbocycles. The second-order valence-electron chi connectivity index (χ2n) is 8.63. The topological polar surface area (TPSA) is 84.8 Å². The summed E-state index contributed by atoms with van der Waals surface area (Å²) in [6.07, 6.45) is 4.34. The number of imidazole rings is 1. The molecule has 1 aliphatic heterocycles. The normalized spacial score (nSPS) is 18.5. The van der Waals surface area contributed by atoms with Crippen LogP contribution in [0, 0.1) is 12.8 Å². The van der Waals surface area contributed by atoms with E-state index in [9.17, 15) is 4.79 Å². The third-order valence-corrected chi connectivity index (χ3v) is 5.26. The van der Waals surface area contributed by atoms with Crippen molar-refractivity contribution in [2.75, 3.05) is 6.54 Å². The number of ether oxygens (including phenoxy) is 1. The highest BCUT2D eigenvalue weighted by Crippen LogP contribution is 2.33. The van der Waals surface area contributed by atoms with E-state index in [1.165, 1.54) is 0 Å². The molecule has 1 fully saturated rings. The molecule has 3 aromatic rings. The fourth-order valence-corrected chi connectivity index (χ4v) is 3.56. The number of benzene rings is 1. The SMILES string of the molecule is Cc1nc2c(OC(C)[C@H]3CNC(=O)C3)cc(-c3cnn(C(C)(C)C)c3)cc2[nH]1. The van der Waals surface area contributed by atoms with Crippen molar-refractivity contribution in [3.05, 3.63) is 30.4 Å². The Labute approximate surface area is 164 Å². The highest BCUT2D eigenvalue weighted by molar-refractivity contribution is 5.87. The molecule has 0 saturated carbocycles. The van der Waals surface area contributed by atoms with Crippen molar-refractivity contribution in [1.29, 1.82) is 0 Å². The van der Waals surface area contributed by atoms with Crippen molar-refractivity contribution in [2.45, 2.75) is 52.7 Å². The maximum absolute atomic E-state index is 11.6. The minimum absolute atomic E-state index is 0.0806. The van der Waals surface area contributed by atoms with Gasteiger partial charge in [0.15, 0.2) is 0 Å². The number of hydrogen-bond acceptors (Lipinski definition) is 4.